The third-order valence-corrected chi connectivity index (χ3v) is 4.27. The minimum atomic E-state index is -0.205. The third kappa shape index (κ3) is 4.84. The molecule has 1 unspecified atom stereocenters. The predicted octanol–water partition coefficient (Wildman–Crippen LogP) is 2.70. The molecule has 6 heteroatoms. The fourth-order valence-electron chi connectivity index (χ4n) is 1.98. The summed E-state index contributed by atoms with van der Waals surface area (Å²) in [5, 5.41) is 4.00. The van der Waals surface area contributed by atoms with Crippen molar-refractivity contribution >= 4 is 11.8 Å². The Morgan fingerprint density at radius 2 is 1.95 bits per heavy atom. The van der Waals surface area contributed by atoms with Crippen LogP contribution in [0.15, 0.2) is 39.8 Å². The molecule has 1 heterocycles. The number of hydrogen-bond donors (Lipinski definition) is 1. The molecule has 0 aliphatic rings. The molecular weight excluding hydrogens is 284 g/mol. The van der Waals surface area contributed by atoms with Gasteiger partial charge in [0.2, 0.25) is 5.89 Å². The average molecular weight is 306 g/mol. The first-order chi connectivity index (χ1) is 10.2. The maximum absolute atomic E-state index is 6.13. The quantitative estimate of drug-likeness (QED) is 0.756. The van der Waals surface area contributed by atoms with Gasteiger partial charge in [-0.1, -0.05) is 37.2 Å². The van der Waals surface area contributed by atoms with Crippen molar-refractivity contribution in [1.29, 1.82) is 0 Å². The van der Waals surface area contributed by atoms with Gasteiger partial charge in [0.15, 0.2) is 5.82 Å². The molecule has 5 nitrogen and oxygen atoms in total. The number of aromatic nitrogens is 2. The van der Waals surface area contributed by atoms with E-state index in [9.17, 15) is 0 Å². The molecule has 0 bridgehead atoms. The van der Waals surface area contributed by atoms with Crippen LogP contribution in [-0.2, 0) is 5.75 Å². The van der Waals surface area contributed by atoms with E-state index in [0.29, 0.717) is 17.5 Å². The second-order valence-corrected chi connectivity index (χ2v) is 5.79. The van der Waals surface area contributed by atoms with Gasteiger partial charge in [-0.05, 0) is 25.2 Å². The van der Waals surface area contributed by atoms with Gasteiger partial charge in [-0.2, -0.15) is 4.98 Å². The van der Waals surface area contributed by atoms with Crippen molar-refractivity contribution < 1.29 is 4.52 Å². The molecule has 0 saturated heterocycles. The fraction of sp³-hybridized carbons (Fsp3) is 0.467. The van der Waals surface area contributed by atoms with Gasteiger partial charge in [0.25, 0.3) is 0 Å². The molecule has 21 heavy (non-hydrogen) atoms. The zero-order chi connectivity index (χ0) is 15.1. The second-order valence-electron chi connectivity index (χ2n) is 4.74. The van der Waals surface area contributed by atoms with Crippen molar-refractivity contribution in [2.75, 3.05) is 19.6 Å². The zero-order valence-corrected chi connectivity index (χ0v) is 13.3. The highest BCUT2D eigenvalue weighted by Crippen LogP contribution is 2.21. The van der Waals surface area contributed by atoms with E-state index >= 15 is 0 Å². The van der Waals surface area contributed by atoms with Crippen LogP contribution in [0.1, 0.15) is 31.6 Å². The third-order valence-electron chi connectivity index (χ3n) is 3.27. The van der Waals surface area contributed by atoms with Gasteiger partial charge >= 0.3 is 0 Å². The summed E-state index contributed by atoms with van der Waals surface area (Å²) in [6.45, 7) is 6.93. The van der Waals surface area contributed by atoms with E-state index in [0.717, 1.165) is 19.6 Å². The fourth-order valence-corrected chi connectivity index (χ4v) is 2.74. The molecule has 1 atom stereocenters. The van der Waals surface area contributed by atoms with Crippen LogP contribution in [0.25, 0.3) is 0 Å². The van der Waals surface area contributed by atoms with Crippen LogP contribution in [0.4, 0.5) is 0 Å². The maximum atomic E-state index is 6.13. The Kier molecular flexibility index (Phi) is 6.22. The van der Waals surface area contributed by atoms with Crippen LogP contribution in [-0.4, -0.2) is 34.7 Å². The number of nitrogens with zero attached hydrogens (tertiary/aromatic N) is 3. The second kappa shape index (κ2) is 8.17. The summed E-state index contributed by atoms with van der Waals surface area (Å²) in [4.78, 5) is 7.83. The van der Waals surface area contributed by atoms with Gasteiger partial charge < -0.3 is 15.2 Å². The topological polar surface area (TPSA) is 68.2 Å². The van der Waals surface area contributed by atoms with E-state index in [2.05, 4.69) is 41.0 Å². The van der Waals surface area contributed by atoms with E-state index in [1.54, 1.807) is 11.8 Å². The Hall–Kier alpha value is -1.37. The molecule has 0 spiro atoms. The van der Waals surface area contributed by atoms with Crippen LogP contribution >= 0.6 is 11.8 Å². The summed E-state index contributed by atoms with van der Waals surface area (Å²) in [6, 6.07) is 9.95. The average Bonchev–Trinajstić information content (AvgIpc) is 3.00. The van der Waals surface area contributed by atoms with Gasteiger partial charge in [0.05, 0.1) is 11.8 Å². The monoisotopic (exact) mass is 306 g/mol. The van der Waals surface area contributed by atoms with Crippen molar-refractivity contribution in [1.82, 2.24) is 15.0 Å². The van der Waals surface area contributed by atoms with Crippen molar-refractivity contribution in [2.45, 2.75) is 30.5 Å². The molecule has 0 amide bonds. The van der Waals surface area contributed by atoms with Gasteiger partial charge in [-0.25, -0.2) is 0 Å². The summed E-state index contributed by atoms with van der Waals surface area (Å²) >= 11 is 1.67. The molecule has 2 N–H and O–H groups in total. The van der Waals surface area contributed by atoms with Gasteiger partial charge in [0.1, 0.15) is 0 Å². The van der Waals surface area contributed by atoms with Crippen molar-refractivity contribution in [3.05, 3.63) is 42.0 Å². The van der Waals surface area contributed by atoms with Gasteiger partial charge in [0, 0.05) is 11.4 Å². The molecule has 0 fully saturated rings. The van der Waals surface area contributed by atoms with E-state index in [1.165, 1.54) is 4.90 Å². The standard InChI is InChI=1S/C15H22N4OS/c1-3-19(4-2)10-13(16)15-17-14(20-18-15)11-21-12-8-6-5-7-9-12/h5-9,13H,3-4,10-11,16H2,1-2H3. The summed E-state index contributed by atoms with van der Waals surface area (Å²) in [6.07, 6.45) is 0. The highest BCUT2D eigenvalue weighted by atomic mass is 32.2. The van der Waals surface area contributed by atoms with Crippen molar-refractivity contribution in [3.63, 3.8) is 0 Å². The van der Waals surface area contributed by atoms with Crippen LogP contribution in [0.3, 0.4) is 0 Å². The molecule has 0 radical (unpaired) electrons. The first-order valence-electron chi connectivity index (χ1n) is 7.21. The zero-order valence-electron chi connectivity index (χ0n) is 12.5. The number of benzene rings is 1. The molecule has 114 valence electrons. The van der Waals surface area contributed by atoms with Crippen LogP contribution in [0.2, 0.25) is 0 Å². The first kappa shape index (κ1) is 16.0. The number of thioether (sulfide) groups is 1. The highest BCUT2D eigenvalue weighted by molar-refractivity contribution is 7.98. The van der Waals surface area contributed by atoms with Crippen molar-refractivity contribution in [3.8, 4) is 0 Å². The summed E-state index contributed by atoms with van der Waals surface area (Å²) in [5.74, 6) is 1.87. The molecule has 2 aromatic rings. The van der Waals surface area contributed by atoms with Crippen LogP contribution in [0, 0.1) is 0 Å². The minimum Gasteiger partial charge on any atom is -0.338 e. The molecule has 0 saturated carbocycles. The van der Waals surface area contributed by atoms with Crippen LogP contribution in [0.5, 0.6) is 0 Å². The van der Waals surface area contributed by atoms with E-state index in [4.69, 9.17) is 10.3 Å². The van der Waals surface area contributed by atoms with E-state index < -0.39 is 0 Å². The van der Waals surface area contributed by atoms with E-state index in [-0.39, 0.29) is 6.04 Å². The Balaban J connectivity index is 1.88. The molecule has 1 aromatic carbocycles. The lowest BCUT2D eigenvalue weighted by molar-refractivity contribution is 0.277. The molecular formula is C15H22N4OS. The lowest BCUT2D eigenvalue weighted by Crippen LogP contribution is -2.32. The lowest BCUT2D eigenvalue weighted by atomic mass is 10.2. The smallest absolute Gasteiger partial charge is 0.237 e. The Morgan fingerprint density at radius 3 is 2.62 bits per heavy atom. The SMILES string of the molecule is CCN(CC)CC(N)c1noc(CSc2ccccc2)n1. The number of rotatable bonds is 8. The Morgan fingerprint density at radius 1 is 1.24 bits per heavy atom. The van der Waals surface area contributed by atoms with E-state index in [1.807, 2.05) is 18.2 Å². The summed E-state index contributed by atoms with van der Waals surface area (Å²) in [7, 11) is 0. The number of likely N-dealkylation sites (N-methyl/N-ethyl adjacent to an activating group) is 1. The summed E-state index contributed by atoms with van der Waals surface area (Å²) in [5.41, 5.74) is 6.13. The first-order valence-corrected chi connectivity index (χ1v) is 8.19. The maximum Gasteiger partial charge on any atom is 0.237 e. The highest BCUT2D eigenvalue weighted by Gasteiger charge is 2.16. The molecule has 2 rings (SSSR count). The predicted molar refractivity (Wildman–Crippen MR) is 85.0 cm³/mol. The minimum absolute atomic E-state index is 0.205. The molecule has 0 aliphatic heterocycles. The Bertz CT molecular complexity index is 527. The molecule has 0 aliphatic carbocycles. The van der Waals surface area contributed by atoms with Gasteiger partial charge in [-0.3, -0.25) is 0 Å². The normalized spacial score (nSPS) is 12.8. The van der Waals surface area contributed by atoms with Crippen LogP contribution < -0.4 is 5.73 Å². The molecule has 1 aromatic heterocycles. The van der Waals surface area contributed by atoms with Crippen molar-refractivity contribution in [2.24, 2.45) is 5.73 Å². The van der Waals surface area contributed by atoms with Gasteiger partial charge in [-0.15, -0.1) is 11.8 Å². The lowest BCUT2D eigenvalue weighted by Gasteiger charge is -2.20. The Labute approximate surface area is 129 Å². The summed E-state index contributed by atoms with van der Waals surface area (Å²) < 4.78 is 5.28. The largest absolute Gasteiger partial charge is 0.338 e. The number of hydrogen-bond acceptors (Lipinski definition) is 6. The number of nitrogens with two attached hydrogens (primary N) is 1.